The smallest absolute Gasteiger partial charge is 0.261 e. The highest BCUT2D eigenvalue weighted by Crippen LogP contribution is 2.30. The van der Waals surface area contributed by atoms with Crippen LogP contribution in [0.25, 0.3) is 0 Å². The minimum absolute atomic E-state index is 0.100. The van der Waals surface area contributed by atoms with Gasteiger partial charge in [0.25, 0.3) is 5.91 Å². The van der Waals surface area contributed by atoms with E-state index in [4.69, 9.17) is 14.2 Å². The number of methoxy groups -OCH3 is 2. The van der Waals surface area contributed by atoms with Crippen LogP contribution in [0.2, 0.25) is 0 Å². The topological polar surface area (TPSA) is 85.9 Å². The first-order valence-electron chi connectivity index (χ1n) is 8.88. The van der Waals surface area contributed by atoms with Crippen molar-refractivity contribution in [2.24, 2.45) is 0 Å². The highest BCUT2D eigenvalue weighted by Gasteiger charge is 2.16. The van der Waals surface area contributed by atoms with E-state index in [1.165, 1.54) is 18.3 Å². The number of amides is 2. The molecule has 1 heterocycles. The molecule has 7 nitrogen and oxygen atoms in total. The Labute approximate surface area is 169 Å². The van der Waals surface area contributed by atoms with Crippen LogP contribution < -0.4 is 20.1 Å². The standard InChI is InChI=1S/C20H26N2O5S/c1-13(15-5-7-17(18(11-15)26-4)27-10-9-25-3)22-20(24)19-8-6-16(28-19)12-21-14(2)23/h5-8,11,13H,9-10,12H2,1-4H3,(H,21,23)(H,22,24). The molecular formula is C20H26N2O5S. The first kappa shape index (κ1) is 21.7. The van der Waals surface area contributed by atoms with Crippen LogP contribution in [0.4, 0.5) is 0 Å². The maximum Gasteiger partial charge on any atom is 0.261 e. The lowest BCUT2D eigenvalue weighted by Crippen LogP contribution is -2.25. The van der Waals surface area contributed by atoms with Gasteiger partial charge in [-0.1, -0.05) is 6.07 Å². The van der Waals surface area contributed by atoms with Gasteiger partial charge in [-0.05, 0) is 36.8 Å². The summed E-state index contributed by atoms with van der Waals surface area (Å²) >= 11 is 1.36. The van der Waals surface area contributed by atoms with Gasteiger partial charge < -0.3 is 24.8 Å². The quantitative estimate of drug-likeness (QED) is 0.593. The van der Waals surface area contributed by atoms with E-state index in [0.29, 0.717) is 36.1 Å². The summed E-state index contributed by atoms with van der Waals surface area (Å²) in [7, 11) is 3.19. The predicted molar refractivity (Wildman–Crippen MR) is 108 cm³/mol. The SMILES string of the molecule is COCCOc1ccc(C(C)NC(=O)c2ccc(CNC(C)=O)s2)cc1OC. The van der Waals surface area contributed by atoms with Gasteiger partial charge in [0.05, 0.1) is 31.2 Å². The molecular weight excluding hydrogens is 380 g/mol. The van der Waals surface area contributed by atoms with Crippen LogP contribution in [0.1, 0.15) is 40.0 Å². The minimum Gasteiger partial charge on any atom is -0.493 e. The zero-order valence-electron chi connectivity index (χ0n) is 16.5. The molecule has 1 unspecified atom stereocenters. The summed E-state index contributed by atoms with van der Waals surface area (Å²) in [6.07, 6.45) is 0. The molecule has 8 heteroatoms. The van der Waals surface area contributed by atoms with Crippen LogP contribution in [-0.2, 0) is 16.1 Å². The summed E-state index contributed by atoms with van der Waals surface area (Å²) in [5.41, 5.74) is 0.902. The third kappa shape index (κ3) is 6.24. The molecule has 1 aromatic carbocycles. The van der Waals surface area contributed by atoms with E-state index in [1.54, 1.807) is 20.3 Å². The molecule has 0 spiro atoms. The second-order valence-corrected chi connectivity index (χ2v) is 7.29. The summed E-state index contributed by atoms with van der Waals surface area (Å²) in [6.45, 7) is 4.71. The van der Waals surface area contributed by atoms with E-state index in [0.717, 1.165) is 10.4 Å². The third-order valence-electron chi connectivity index (χ3n) is 3.98. The molecule has 2 amide bonds. The van der Waals surface area contributed by atoms with Gasteiger partial charge in [-0.2, -0.15) is 0 Å². The van der Waals surface area contributed by atoms with Gasteiger partial charge >= 0.3 is 0 Å². The highest BCUT2D eigenvalue weighted by molar-refractivity contribution is 7.14. The van der Waals surface area contributed by atoms with E-state index in [-0.39, 0.29) is 17.9 Å². The zero-order valence-corrected chi connectivity index (χ0v) is 17.4. The lowest BCUT2D eigenvalue weighted by atomic mass is 10.1. The monoisotopic (exact) mass is 406 g/mol. The molecule has 28 heavy (non-hydrogen) atoms. The van der Waals surface area contributed by atoms with Crippen LogP contribution in [0, 0.1) is 0 Å². The van der Waals surface area contributed by atoms with E-state index in [9.17, 15) is 9.59 Å². The number of carbonyl (C=O) groups is 2. The van der Waals surface area contributed by atoms with Gasteiger partial charge in [-0.15, -0.1) is 11.3 Å². The first-order valence-corrected chi connectivity index (χ1v) is 9.70. The van der Waals surface area contributed by atoms with Gasteiger partial charge in [-0.3, -0.25) is 9.59 Å². The Morgan fingerprint density at radius 3 is 2.57 bits per heavy atom. The molecule has 0 saturated heterocycles. The average Bonchev–Trinajstić information content (AvgIpc) is 3.16. The van der Waals surface area contributed by atoms with Crippen LogP contribution in [0.3, 0.4) is 0 Å². The molecule has 2 rings (SSSR count). The van der Waals surface area contributed by atoms with Crippen LogP contribution in [-0.4, -0.2) is 39.2 Å². The molecule has 2 N–H and O–H groups in total. The first-order chi connectivity index (χ1) is 13.4. The lowest BCUT2D eigenvalue weighted by Gasteiger charge is -2.17. The molecule has 2 aromatic rings. The third-order valence-corrected chi connectivity index (χ3v) is 5.06. The second kappa shape index (κ2) is 10.7. The summed E-state index contributed by atoms with van der Waals surface area (Å²) in [5, 5.41) is 5.70. The number of rotatable bonds is 10. The number of hydrogen-bond acceptors (Lipinski definition) is 6. The summed E-state index contributed by atoms with van der Waals surface area (Å²) in [6, 6.07) is 8.96. The Kier molecular flexibility index (Phi) is 8.28. The van der Waals surface area contributed by atoms with Gasteiger partial charge in [0.2, 0.25) is 5.91 Å². The average molecular weight is 407 g/mol. The normalized spacial score (nSPS) is 11.6. The van der Waals surface area contributed by atoms with E-state index in [1.807, 2.05) is 31.2 Å². The molecule has 0 aliphatic carbocycles. The van der Waals surface area contributed by atoms with Crippen molar-refractivity contribution in [2.45, 2.75) is 26.4 Å². The second-order valence-electron chi connectivity index (χ2n) is 6.12. The predicted octanol–water partition coefficient (Wildman–Crippen LogP) is 2.91. The summed E-state index contributed by atoms with van der Waals surface area (Å²) < 4.78 is 16.0. The highest BCUT2D eigenvalue weighted by atomic mass is 32.1. The van der Waals surface area contributed by atoms with Crippen molar-refractivity contribution in [1.82, 2.24) is 10.6 Å². The maximum atomic E-state index is 12.5. The molecule has 1 aromatic heterocycles. The van der Waals surface area contributed by atoms with Gasteiger partial charge in [0, 0.05) is 18.9 Å². The fourth-order valence-electron chi connectivity index (χ4n) is 2.47. The molecule has 0 saturated carbocycles. The van der Waals surface area contributed by atoms with Crippen LogP contribution in [0.15, 0.2) is 30.3 Å². The fraction of sp³-hybridized carbons (Fsp3) is 0.400. The molecule has 0 fully saturated rings. The maximum absolute atomic E-state index is 12.5. The summed E-state index contributed by atoms with van der Waals surface area (Å²) in [4.78, 5) is 25.0. The minimum atomic E-state index is -0.213. The Morgan fingerprint density at radius 1 is 1.11 bits per heavy atom. The molecule has 0 aliphatic heterocycles. The number of ether oxygens (including phenoxy) is 3. The Morgan fingerprint density at radius 2 is 1.89 bits per heavy atom. The van der Waals surface area contributed by atoms with Gasteiger partial charge in [0.1, 0.15) is 6.61 Å². The van der Waals surface area contributed by atoms with Crippen molar-refractivity contribution in [1.29, 1.82) is 0 Å². The van der Waals surface area contributed by atoms with Crippen molar-refractivity contribution in [3.05, 3.63) is 45.6 Å². The molecule has 1 atom stereocenters. The van der Waals surface area contributed by atoms with Crippen molar-refractivity contribution in [2.75, 3.05) is 27.4 Å². The lowest BCUT2D eigenvalue weighted by molar-refractivity contribution is -0.119. The number of hydrogen-bond donors (Lipinski definition) is 2. The van der Waals surface area contributed by atoms with Crippen LogP contribution >= 0.6 is 11.3 Å². The number of benzene rings is 1. The molecule has 0 bridgehead atoms. The molecule has 0 aliphatic rings. The Balaban J connectivity index is 2.00. The fourth-order valence-corrected chi connectivity index (χ4v) is 3.32. The van der Waals surface area contributed by atoms with Crippen molar-refractivity contribution < 1.29 is 23.8 Å². The number of carbonyl (C=O) groups excluding carboxylic acids is 2. The van der Waals surface area contributed by atoms with Crippen molar-refractivity contribution in [3.63, 3.8) is 0 Å². The van der Waals surface area contributed by atoms with Crippen LogP contribution in [0.5, 0.6) is 11.5 Å². The largest absolute Gasteiger partial charge is 0.493 e. The van der Waals surface area contributed by atoms with Gasteiger partial charge in [0.15, 0.2) is 11.5 Å². The van der Waals surface area contributed by atoms with Crippen molar-refractivity contribution in [3.8, 4) is 11.5 Å². The molecule has 0 radical (unpaired) electrons. The Hall–Kier alpha value is -2.58. The van der Waals surface area contributed by atoms with Gasteiger partial charge in [-0.25, -0.2) is 0 Å². The van der Waals surface area contributed by atoms with Crippen molar-refractivity contribution >= 4 is 23.2 Å². The zero-order chi connectivity index (χ0) is 20.5. The van der Waals surface area contributed by atoms with E-state index < -0.39 is 0 Å². The van der Waals surface area contributed by atoms with E-state index >= 15 is 0 Å². The molecule has 152 valence electrons. The number of thiophene rings is 1. The number of nitrogens with one attached hydrogen (secondary N) is 2. The van der Waals surface area contributed by atoms with E-state index in [2.05, 4.69) is 10.6 Å². The Bertz CT molecular complexity index is 806. The summed E-state index contributed by atoms with van der Waals surface area (Å²) in [5.74, 6) is 0.966.